The number of carbonyl (C=O) groups excluding carboxylic acids is 2. The van der Waals surface area contributed by atoms with E-state index in [2.05, 4.69) is 5.32 Å². The molecule has 0 fully saturated rings. The molecule has 3 rings (SSSR count). The second-order valence-corrected chi connectivity index (χ2v) is 13.9. The van der Waals surface area contributed by atoms with Gasteiger partial charge in [0.1, 0.15) is 12.6 Å². The highest BCUT2D eigenvalue weighted by atomic mass is 35.5. The fourth-order valence-electron chi connectivity index (χ4n) is 4.12. The lowest BCUT2D eigenvalue weighted by molar-refractivity contribution is -0.141. The molecule has 220 valence electrons. The number of nitrogens with zero attached hydrogens (tertiary/aromatic N) is 2. The van der Waals surface area contributed by atoms with Gasteiger partial charge in [0.05, 0.1) is 15.6 Å². The molecule has 0 aliphatic rings. The van der Waals surface area contributed by atoms with Crippen molar-refractivity contribution in [2.75, 3.05) is 10.8 Å². The first-order chi connectivity index (χ1) is 19.1. The number of hydrogen-bond donors (Lipinski definition) is 1. The Balaban J connectivity index is 2.12. The summed E-state index contributed by atoms with van der Waals surface area (Å²) in [7, 11) is -4.27. The molecule has 12 heteroatoms. The van der Waals surface area contributed by atoms with Crippen LogP contribution in [0.25, 0.3) is 0 Å². The van der Waals surface area contributed by atoms with E-state index in [9.17, 15) is 18.0 Å². The molecule has 7 nitrogen and oxygen atoms in total. The summed E-state index contributed by atoms with van der Waals surface area (Å²) in [5, 5.41) is 3.96. The van der Waals surface area contributed by atoms with Crippen molar-refractivity contribution in [3.63, 3.8) is 0 Å². The van der Waals surface area contributed by atoms with E-state index < -0.39 is 34.1 Å². The highest BCUT2D eigenvalue weighted by molar-refractivity contribution is 7.92. The van der Waals surface area contributed by atoms with Crippen LogP contribution in [0.2, 0.25) is 20.1 Å². The highest BCUT2D eigenvalue weighted by Crippen LogP contribution is 2.33. The quantitative estimate of drug-likeness (QED) is 0.249. The minimum atomic E-state index is -4.27. The average molecular weight is 659 g/mol. The monoisotopic (exact) mass is 657 g/mol. The maximum Gasteiger partial charge on any atom is 0.264 e. The van der Waals surface area contributed by atoms with E-state index in [1.807, 2.05) is 20.8 Å². The Kier molecular flexibility index (Phi) is 11.0. The Hall–Kier alpha value is -2.49. The first-order valence-corrected chi connectivity index (χ1v) is 15.7. The van der Waals surface area contributed by atoms with E-state index in [1.165, 1.54) is 41.3 Å². The molecule has 0 aromatic heterocycles. The van der Waals surface area contributed by atoms with Crippen molar-refractivity contribution < 1.29 is 18.0 Å². The molecule has 0 aliphatic carbocycles. The Morgan fingerprint density at radius 3 is 2.00 bits per heavy atom. The van der Waals surface area contributed by atoms with Gasteiger partial charge in [-0.1, -0.05) is 77.6 Å². The lowest BCUT2D eigenvalue weighted by atomic mass is 10.1. The largest absolute Gasteiger partial charge is 0.350 e. The van der Waals surface area contributed by atoms with Crippen molar-refractivity contribution in [2.24, 2.45) is 0 Å². The molecule has 0 heterocycles. The lowest BCUT2D eigenvalue weighted by Crippen LogP contribution is -2.55. The highest BCUT2D eigenvalue weighted by Gasteiger charge is 2.35. The third kappa shape index (κ3) is 8.52. The summed E-state index contributed by atoms with van der Waals surface area (Å²) < 4.78 is 28.7. The summed E-state index contributed by atoms with van der Waals surface area (Å²) in [5.74, 6) is -1.03. The SMILES string of the molecule is CC[C@@H](C(=O)NC(C)(C)C)N(Cc1ccc(Cl)cc1Cl)C(=O)CN(c1ccc(Cl)cc1Cl)S(=O)(=O)c1ccccc1. The van der Waals surface area contributed by atoms with Gasteiger partial charge in [0, 0.05) is 27.2 Å². The maximum atomic E-state index is 14.1. The first-order valence-electron chi connectivity index (χ1n) is 12.7. The van der Waals surface area contributed by atoms with Crippen molar-refractivity contribution in [1.29, 1.82) is 0 Å². The molecule has 3 aromatic carbocycles. The number of hydrogen-bond acceptors (Lipinski definition) is 4. The minimum Gasteiger partial charge on any atom is -0.350 e. The van der Waals surface area contributed by atoms with Crippen LogP contribution in [-0.2, 0) is 26.2 Å². The van der Waals surface area contributed by atoms with E-state index in [0.29, 0.717) is 20.6 Å². The van der Waals surface area contributed by atoms with E-state index >= 15 is 0 Å². The minimum absolute atomic E-state index is 0.0367. The van der Waals surface area contributed by atoms with Crippen LogP contribution in [0.15, 0.2) is 71.6 Å². The maximum absolute atomic E-state index is 14.1. The number of anilines is 1. The summed E-state index contributed by atoms with van der Waals surface area (Å²) in [6, 6.07) is 15.9. The zero-order valence-corrected chi connectivity index (χ0v) is 26.8. The number of sulfonamides is 1. The molecule has 0 saturated carbocycles. The Morgan fingerprint density at radius 1 is 0.878 bits per heavy atom. The van der Waals surface area contributed by atoms with Crippen molar-refractivity contribution in [3.8, 4) is 0 Å². The third-order valence-electron chi connectivity index (χ3n) is 6.03. The number of nitrogens with one attached hydrogen (secondary N) is 1. The van der Waals surface area contributed by atoms with E-state index in [4.69, 9.17) is 46.4 Å². The molecule has 2 amide bonds. The second-order valence-electron chi connectivity index (χ2n) is 10.3. The smallest absolute Gasteiger partial charge is 0.264 e. The predicted molar refractivity (Wildman–Crippen MR) is 166 cm³/mol. The molecule has 0 bridgehead atoms. The summed E-state index contributed by atoms with van der Waals surface area (Å²) in [6.07, 6.45) is 0.256. The second kappa shape index (κ2) is 13.7. The normalized spacial score (nSPS) is 12.5. The topological polar surface area (TPSA) is 86.8 Å². The van der Waals surface area contributed by atoms with Crippen LogP contribution in [0, 0.1) is 0 Å². The van der Waals surface area contributed by atoms with Crippen molar-refractivity contribution >= 4 is 73.9 Å². The lowest BCUT2D eigenvalue weighted by Gasteiger charge is -2.35. The van der Waals surface area contributed by atoms with Crippen LogP contribution < -0.4 is 9.62 Å². The summed E-state index contributed by atoms with van der Waals surface area (Å²) in [4.78, 5) is 28.8. The van der Waals surface area contributed by atoms with Gasteiger partial charge in [-0.25, -0.2) is 8.42 Å². The Morgan fingerprint density at radius 2 is 1.46 bits per heavy atom. The predicted octanol–water partition coefficient (Wildman–Crippen LogP) is 7.22. The van der Waals surface area contributed by atoms with Gasteiger partial charge in [-0.15, -0.1) is 0 Å². The third-order valence-corrected chi connectivity index (χ3v) is 8.93. The van der Waals surface area contributed by atoms with Crippen LogP contribution in [0.1, 0.15) is 39.7 Å². The van der Waals surface area contributed by atoms with Crippen molar-refractivity contribution in [3.05, 3.63) is 92.4 Å². The molecule has 0 aliphatic heterocycles. The Bertz CT molecular complexity index is 1510. The van der Waals surface area contributed by atoms with Gasteiger partial charge in [-0.3, -0.25) is 13.9 Å². The molecular formula is C29H31Cl4N3O4S. The molecule has 0 radical (unpaired) electrons. The van der Waals surface area contributed by atoms with E-state index in [-0.39, 0.29) is 34.5 Å². The zero-order chi connectivity index (χ0) is 30.5. The Labute approximate surface area is 261 Å². The van der Waals surface area contributed by atoms with Gasteiger partial charge in [0.25, 0.3) is 10.0 Å². The van der Waals surface area contributed by atoms with Gasteiger partial charge >= 0.3 is 0 Å². The molecular weight excluding hydrogens is 628 g/mol. The molecule has 0 saturated heterocycles. The number of carbonyl (C=O) groups is 2. The van der Waals surface area contributed by atoms with Crippen molar-refractivity contribution in [2.45, 2.75) is 57.1 Å². The number of amides is 2. The molecule has 1 N–H and O–H groups in total. The first kappa shape index (κ1) is 33.0. The van der Waals surface area contributed by atoms with Crippen LogP contribution in [0.5, 0.6) is 0 Å². The van der Waals surface area contributed by atoms with Gasteiger partial charge in [-0.2, -0.15) is 0 Å². The number of halogens is 4. The van der Waals surface area contributed by atoms with Crippen LogP contribution >= 0.6 is 46.4 Å². The fraction of sp³-hybridized carbons (Fsp3) is 0.310. The summed E-state index contributed by atoms with van der Waals surface area (Å²) in [6.45, 7) is 6.54. The van der Waals surface area contributed by atoms with Gasteiger partial charge in [-0.05, 0) is 75.2 Å². The zero-order valence-electron chi connectivity index (χ0n) is 23.0. The molecule has 3 aromatic rings. The molecule has 41 heavy (non-hydrogen) atoms. The van der Waals surface area contributed by atoms with Gasteiger partial charge in [0.2, 0.25) is 11.8 Å². The average Bonchev–Trinajstić information content (AvgIpc) is 2.88. The van der Waals surface area contributed by atoms with Crippen molar-refractivity contribution in [1.82, 2.24) is 10.2 Å². The molecule has 0 unspecified atom stereocenters. The van der Waals surface area contributed by atoms with Crippen LogP contribution in [0.4, 0.5) is 5.69 Å². The van der Waals surface area contributed by atoms with E-state index in [0.717, 1.165) is 4.31 Å². The number of rotatable bonds is 10. The standard InChI is InChI=1S/C29H31Cl4N3O4S/c1-5-25(28(38)34-29(2,3)4)35(17-19-11-12-20(30)15-23(19)32)27(37)18-36(26-14-13-21(31)16-24(26)33)41(39,40)22-9-7-6-8-10-22/h6-16,25H,5,17-18H2,1-4H3,(H,34,38)/t25-/m0/s1. The van der Waals surface area contributed by atoms with Crippen LogP contribution in [-0.4, -0.2) is 43.3 Å². The van der Waals surface area contributed by atoms with E-state index in [1.54, 1.807) is 37.3 Å². The van der Waals surface area contributed by atoms with Gasteiger partial charge in [0.15, 0.2) is 0 Å². The fourth-order valence-corrected chi connectivity index (χ4v) is 6.61. The number of benzene rings is 3. The molecule has 0 spiro atoms. The molecule has 1 atom stereocenters. The van der Waals surface area contributed by atoms with Gasteiger partial charge < -0.3 is 10.2 Å². The summed E-state index contributed by atoms with van der Waals surface area (Å²) >= 11 is 25.0. The summed E-state index contributed by atoms with van der Waals surface area (Å²) in [5.41, 5.74) is 0.0229. The van der Waals surface area contributed by atoms with Crippen LogP contribution in [0.3, 0.4) is 0 Å².